The van der Waals surface area contributed by atoms with Crippen LogP contribution in [0.5, 0.6) is 5.75 Å². The van der Waals surface area contributed by atoms with E-state index in [1.54, 1.807) is 24.0 Å². The van der Waals surface area contributed by atoms with Crippen LogP contribution in [0, 0.1) is 6.92 Å². The fourth-order valence-corrected chi connectivity index (χ4v) is 3.90. The Bertz CT molecular complexity index is 1200. The molecule has 0 saturated carbocycles. The number of alkyl halides is 3. The lowest BCUT2D eigenvalue weighted by atomic mass is 10.3. The van der Waals surface area contributed by atoms with E-state index in [2.05, 4.69) is 10.1 Å². The second kappa shape index (κ2) is 9.53. The highest BCUT2D eigenvalue weighted by Gasteiger charge is 2.29. The largest absolute Gasteiger partial charge is 0.484 e. The second-order valence-electron chi connectivity index (χ2n) is 8.27. The van der Waals surface area contributed by atoms with Crippen LogP contribution in [0.4, 0.5) is 19.0 Å². The number of halogens is 3. The van der Waals surface area contributed by atoms with Crippen molar-refractivity contribution in [2.24, 2.45) is 0 Å². The fraction of sp³-hybridized carbons (Fsp3) is 0.500. The Morgan fingerprint density at radius 3 is 2.68 bits per heavy atom. The van der Waals surface area contributed by atoms with Crippen LogP contribution in [0.1, 0.15) is 25.1 Å². The van der Waals surface area contributed by atoms with Gasteiger partial charge in [-0.1, -0.05) is 0 Å². The number of morpholine rings is 1. The van der Waals surface area contributed by atoms with E-state index in [9.17, 15) is 18.0 Å². The summed E-state index contributed by atoms with van der Waals surface area (Å²) in [5.74, 6) is 0.604. The first-order chi connectivity index (χ1) is 16.1. The van der Waals surface area contributed by atoms with Gasteiger partial charge in [-0.2, -0.15) is 18.3 Å². The minimum absolute atomic E-state index is 0.0141. The maximum atomic E-state index is 13.2. The number of aryl methyl sites for hydroxylation is 2. The predicted molar refractivity (Wildman–Crippen MR) is 119 cm³/mol. The molecule has 9 nitrogen and oxygen atoms in total. The predicted octanol–water partition coefficient (Wildman–Crippen LogP) is 2.77. The van der Waals surface area contributed by atoms with Gasteiger partial charge in [-0.05, 0) is 20.8 Å². The quantitative estimate of drug-likeness (QED) is 0.518. The van der Waals surface area contributed by atoms with Crippen molar-refractivity contribution < 1.29 is 22.6 Å². The molecule has 0 aromatic carbocycles. The number of rotatable bonds is 7. The van der Waals surface area contributed by atoms with Crippen molar-refractivity contribution in [3.63, 3.8) is 0 Å². The molecule has 1 aliphatic rings. The Morgan fingerprint density at radius 2 is 2.00 bits per heavy atom. The van der Waals surface area contributed by atoms with Crippen LogP contribution < -0.4 is 15.3 Å². The Kier molecular flexibility index (Phi) is 6.69. The molecule has 3 aromatic rings. The van der Waals surface area contributed by atoms with Crippen LogP contribution in [0.3, 0.4) is 0 Å². The lowest BCUT2D eigenvalue weighted by Gasteiger charge is -2.32. The van der Waals surface area contributed by atoms with Gasteiger partial charge in [-0.15, -0.1) is 0 Å². The standard InChI is InChI=1S/C22H27F3N6O3/c1-4-30-13-17(9-26-30)12-29-10-15(2)31(21(29)32)20-8-18(34-14-22(23,24)25)7-19(27-20)28-5-6-33-16(3)11-28/h7-10,13,16H,4-6,11-12,14H2,1-3H3/t16-/m1/s1. The average Bonchev–Trinajstić information content (AvgIpc) is 3.35. The maximum absolute atomic E-state index is 13.2. The van der Waals surface area contributed by atoms with E-state index in [-0.39, 0.29) is 23.4 Å². The van der Waals surface area contributed by atoms with Gasteiger partial charge in [0.15, 0.2) is 6.61 Å². The molecule has 184 valence electrons. The molecule has 0 bridgehead atoms. The van der Waals surface area contributed by atoms with Crippen LogP contribution in [-0.2, 0) is 17.8 Å². The summed E-state index contributed by atoms with van der Waals surface area (Å²) in [5.41, 5.74) is 1.09. The number of hydrogen-bond donors (Lipinski definition) is 0. The van der Waals surface area contributed by atoms with Gasteiger partial charge in [0.1, 0.15) is 17.4 Å². The van der Waals surface area contributed by atoms with E-state index in [1.165, 1.54) is 21.3 Å². The van der Waals surface area contributed by atoms with Crippen LogP contribution in [0.2, 0.25) is 0 Å². The van der Waals surface area contributed by atoms with Gasteiger partial charge in [0, 0.05) is 55.4 Å². The van der Waals surface area contributed by atoms with Crippen molar-refractivity contribution in [3.8, 4) is 11.6 Å². The Hall–Kier alpha value is -3.28. The van der Waals surface area contributed by atoms with Crippen molar-refractivity contribution in [3.05, 3.63) is 52.5 Å². The third-order valence-electron chi connectivity index (χ3n) is 5.46. The molecule has 4 rings (SSSR count). The Labute approximate surface area is 194 Å². The highest BCUT2D eigenvalue weighted by molar-refractivity contribution is 5.50. The van der Waals surface area contributed by atoms with Crippen molar-refractivity contribution in [2.45, 2.75) is 46.1 Å². The molecule has 0 spiro atoms. The molecule has 3 aromatic heterocycles. The second-order valence-corrected chi connectivity index (χ2v) is 8.27. The van der Waals surface area contributed by atoms with Gasteiger partial charge in [-0.25, -0.2) is 14.3 Å². The molecule has 0 aliphatic carbocycles. The number of aromatic nitrogens is 5. The molecule has 12 heteroatoms. The zero-order valence-electron chi connectivity index (χ0n) is 19.2. The number of nitrogens with zero attached hydrogens (tertiary/aromatic N) is 6. The van der Waals surface area contributed by atoms with Crippen molar-refractivity contribution >= 4 is 5.82 Å². The molecule has 0 amide bonds. The first-order valence-electron chi connectivity index (χ1n) is 11.0. The van der Waals surface area contributed by atoms with E-state index in [0.29, 0.717) is 44.3 Å². The van der Waals surface area contributed by atoms with Gasteiger partial charge >= 0.3 is 11.9 Å². The summed E-state index contributed by atoms with van der Waals surface area (Å²) in [7, 11) is 0. The van der Waals surface area contributed by atoms with Crippen LogP contribution in [0.25, 0.3) is 5.82 Å². The highest BCUT2D eigenvalue weighted by atomic mass is 19.4. The third kappa shape index (κ3) is 5.44. The molecule has 4 heterocycles. The molecule has 0 N–H and O–H groups in total. The lowest BCUT2D eigenvalue weighted by Crippen LogP contribution is -2.41. The topological polar surface area (TPSA) is 79.3 Å². The molecule has 1 saturated heterocycles. The fourth-order valence-electron chi connectivity index (χ4n) is 3.90. The maximum Gasteiger partial charge on any atom is 0.422 e. The minimum atomic E-state index is -4.49. The van der Waals surface area contributed by atoms with Crippen molar-refractivity contribution in [2.75, 3.05) is 31.2 Å². The van der Waals surface area contributed by atoms with Gasteiger partial charge in [0.25, 0.3) is 0 Å². The summed E-state index contributed by atoms with van der Waals surface area (Å²) in [4.78, 5) is 19.8. The summed E-state index contributed by atoms with van der Waals surface area (Å²) >= 11 is 0. The van der Waals surface area contributed by atoms with Crippen molar-refractivity contribution in [1.29, 1.82) is 0 Å². The van der Waals surface area contributed by atoms with E-state index < -0.39 is 12.8 Å². The van der Waals surface area contributed by atoms with Crippen molar-refractivity contribution in [1.82, 2.24) is 23.9 Å². The Morgan fingerprint density at radius 1 is 1.24 bits per heavy atom. The number of imidazole rings is 1. The monoisotopic (exact) mass is 480 g/mol. The van der Waals surface area contributed by atoms with Gasteiger partial charge in [0.2, 0.25) is 0 Å². The molecule has 1 fully saturated rings. The van der Waals surface area contributed by atoms with Crippen LogP contribution in [0.15, 0.2) is 35.5 Å². The lowest BCUT2D eigenvalue weighted by molar-refractivity contribution is -0.153. The molecule has 34 heavy (non-hydrogen) atoms. The van der Waals surface area contributed by atoms with Crippen LogP contribution in [-0.4, -0.2) is 62.5 Å². The van der Waals surface area contributed by atoms with Crippen LogP contribution >= 0.6 is 0 Å². The van der Waals surface area contributed by atoms with E-state index in [0.717, 1.165) is 5.56 Å². The number of hydrogen-bond acceptors (Lipinski definition) is 6. The summed E-state index contributed by atoms with van der Waals surface area (Å²) in [6.45, 7) is 6.72. The molecule has 1 aliphatic heterocycles. The first-order valence-corrected chi connectivity index (χ1v) is 11.0. The molecular formula is C22H27F3N6O3. The highest BCUT2D eigenvalue weighted by Crippen LogP contribution is 2.26. The molecule has 0 radical (unpaired) electrons. The molecule has 1 atom stereocenters. The smallest absolute Gasteiger partial charge is 0.422 e. The van der Waals surface area contributed by atoms with Gasteiger partial charge in [0.05, 0.1) is 25.5 Å². The number of pyridine rings is 1. The summed E-state index contributed by atoms with van der Waals surface area (Å²) < 4.78 is 53.7. The average molecular weight is 480 g/mol. The molecule has 0 unspecified atom stereocenters. The van der Waals surface area contributed by atoms with E-state index in [1.807, 2.05) is 24.9 Å². The minimum Gasteiger partial charge on any atom is -0.484 e. The third-order valence-corrected chi connectivity index (χ3v) is 5.46. The van der Waals surface area contributed by atoms with E-state index in [4.69, 9.17) is 9.47 Å². The van der Waals surface area contributed by atoms with Gasteiger partial charge in [-0.3, -0.25) is 9.25 Å². The normalized spacial score (nSPS) is 16.8. The zero-order valence-corrected chi connectivity index (χ0v) is 19.2. The zero-order chi connectivity index (χ0) is 24.5. The number of ether oxygens (including phenoxy) is 2. The summed E-state index contributed by atoms with van der Waals surface area (Å²) in [6, 6.07) is 2.82. The van der Waals surface area contributed by atoms with E-state index >= 15 is 0 Å². The SMILES string of the molecule is CCn1cc(Cn2cc(C)n(-c3cc(OCC(F)(F)F)cc(N4CCO[C@H](C)C4)n3)c2=O)cn1. The molecular weight excluding hydrogens is 453 g/mol. The first kappa shape index (κ1) is 23.9. The number of anilines is 1. The summed E-state index contributed by atoms with van der Waals surface area (Å²) in [5, 5.41) is 4.23. The van der Waals surface area contributed by atoms with Gasteiger partial charge < -0.3 is 14.4 Å². The Balaban J connectivity index is 1.71. The summed E-state index contributed by atoms with van der Waals surface area (Å²) in [6.07, 6.45) is 0.696.